The van der Waals surface area contributed by atoms with Gasteiger partial charge in [0.1, 0.15) is 0 Å². The van der Waals surface area contributed by atoms with E-state index in [9.17, 15) is 24.3 Å². The molecular weight excluding hydrogens is 584 g/mol. The number of hydrogen-bond donors (Lipinski definition) is 1. The number of phenolic OH excluding ortho intramolecular Hbond substituents is 1. The molecule has 4 amide bonds. The van der Waals surface area contributed by atoms with E-state index in [1.54, 1.807) is 19.9 Å². The molecule has 0 unspecified atom stereocenters. The number of phenols is 1. The second kappa shape index (κ2) is 8.73. The van der Waals surface area contributed by atoms with E-state index in [1.807, 2.05) is 6.08 Å². The molecular formula is C25H26Br2N2O6. The first-order chi connectivity index (χ1) is 16.7. The van der Waals surface area contributed by atoms with Gasteiger partial charge in [-0.15, -0.1) is 0 Å². The maximum atomic E-state index is 13.5. The fraction of sp³-hybridized carbons (Fsp3) is 0.520. The highest BCUT2D eigenvalue weighted by molar-refractivity contribution is 9.13. The van der Waals surface area contributed by atoms with Gasteiger partial charge in [0.15, 0.2) is 11.5 Å². The van der Waals surface area contributed by atoms with Crippen LogP contribution in [0.15, 0.2) is 26.7 Å². The third-order valence-electron chi connectivity index (χ3n) is 8.19. The number of amides is 4. The van der Waals surface area contributed by atoms with Crippen molar-refractivity contribution in [3.8, 4) is 11.5 Å². The van der Waals surface area contributed by atoms with Crippen LogP contribution >= 0.6 is 31.9 Å². The molecule has 2 aliphatic carbocycles. The van der Waals surface area contributed by atoms with Crippen LogP contribution < -0.4 is 4.74 Å². The lowest BCUT2D eigenvalue weighted by molar-refractivity contribution is -0.141. The number of rotatable bonds is 4. The van der Waals surface area contributed by atoms with Crippen LogP contribution in [-0.4, -0.2) is 58.7 Å². The van der Waals surface area contributed by atoms with Gasteiger partial charge in [0.2, 0.25) is 23.6 Å². The van der Waals surface area contributed by atoms with Crippen LogP contribution in [0.2, 0.25) is 0 Å². The fourth-order valence-electron chi connectivity index (χ4n) is 6.68. The van der Waals surface area contributed by atoms with Crippen molar-refractivity contribution in [1.29, 1.82) is 0 Å². The molecule has 0 bridgehead atoms. The highest BCUT2D eigenvalue weighted by Gasteiger charge is 2.61. The number of hydrogen-bond acceptors (Lipinski definition) is 6. The summed E-state index contributed by atoms with van der Waals surface area (Å²) in [5.74, 6) is -3.67. The van der Waals surface area contributed by atoms with Crippen molar-refractivity contribution >= 4 is 55.5 Å². The summed E-state index contributed by atoms with van der Waals surface area (Å²) in [6.45, 7) is 4.16. The van der Waals surface area contributed by atoms with Crippen LogP contribution in [0.1, 0.15) is 38.2 Å². The second-order valence-corrected chi connectivity index (χ2v) is 11.1. The Morgan fingerprint density at radius 3 is 2.11 bits per heavy atom. The number of halogens is 2. The molecule has 186 valence electrons. The van der Waals surface area contributed by atoms with Crippen LogP contribution in [0.3, 0.4) is 0 Å². The molecule has 5 rings (SSSR count). The number of methoxy groups -OCH3 is 1. The zero-order valence-corrected chi connectivity index (χ0v) is 22.8. The van der Waals surface area contributed by atoms with Gasteiger partial charge in [0, 0.05) is 23.5 Å². The van der Waals surface area contributed by atoms with E-state index in [1.165, 1.54) is 16.9 Å². The van der Waals surface area contributed by atoms with E-state index in [2.05, 4.69) is 31.9 Å². The van der Waals surface area contributed by atoms with Gasteiger partial charge in [-0.25, -0.2) is 0 Å². The van der Waals surface area contributed by atoms with Gasteiger partial charge in [-0.1, -0.05) is 11.6 Å². The van der Waals surface area contributed by atoms with E-state index in [4.69, 9.17) is 4.74 Å². The lowest BCUT2D eigenvalue weighted by Crippen LogP contribution is -2.43. The molecule has 4 aliphatic rings. The zero-order chi connectivity index (χ0) is 25.3. The number of carbonyl (C=O) groups excluding carboxylic acids is 4. The minimum atomic E-state index is -0.631. The first-order valence-electron chi connectivity index (χ1n) is 11.8. The predicted molar refractivity (Wildman–Crippen MR) is 132 cm³/mol. The average Bonchev–Trinajstić information content (AvgIpc) is 3.25. The zero-order valence-electron chi connectivity index (χ0n) is 19.6. The average molecular weight is 610 g/mol. The van der Waals surface area contributed by atoms with Crippen LogP contribution in [0.25, 0.3) is 0 Å². The van der Waals surface area contributed by atoms with Crippen LogP contribution in [0.4, 0.5) is 0 Å². The lowest BCUT2D eigenvalue weighted by atomic mass is 9.57. The number of fused-ring (bicyclic) bond motifs is 4. The Morgan fingerprint density at radius 2 is 1.51 bits per heavy atom. The first-order valence-corrected chi connectivity index (χ1v) is 13.4. The summed E-state index contributed by atoms with van der Waals surface area (Å²) in [6, 6.07) is 1.69. The van der Waals surface area contributed by atoms with Crippen molar-refractivity contribution in [3.63, 3.8) is 0 Å². The van der Waals surface area contributed by atoms with Crippen molar-refractivity contribution in [2.24, 2.45) is 29.6 Å². The molecule has 1 aromatic rings. The summed E-state index contributed by atoms with van der Waals surface area (Å²) in [7, 11) is 1.45. The van der Waals surface area contributed by atoms with Crippen LogP contribution in [0, 0.1) is 29.6 Å². The summed E-state index contributed by atoms with van der Waals surface area (Å²) in [4.78, 5) is 55.8. The molecule has 10 heteroatoms. The molecule has 2 heterocycles. The van der Waals surface area contributed by atoms with Crippen molar-refractivity contribution in [1.82, 2.24) is 9.80 Å². The normalized spacial score (nSPS) is 32.0. The quantitative estimate of drug-likeness (QED) is 0.413. The Balaban J connectivity index is 1.71. The molecule has 1 N–H and O–H groups in total. The molecule has 0 radical (unpaired) electrons. The number of aromatic hydroxyl groups is 1. The number of ether oxygens (including phenoxy) is 1. The van der Waals surface area contributed by atoms with Gasteiger partial charge in [-0.2, -0.15) is 0 Å². The van der Waals surface area contributed by atoms with Gasteiger partial charge in [0.25, 0.3) is 0 Å². The molecule has 0 spiro atoms. The predicted octanol–water partition coefficient (Wildman–Crippen LogP) is 3.60. The fourth-order valence-corrected chi connectivity index (χ4v) is 7.66. The SMILES string of the molecule is CCN1C(=O)[C@H]2[C@H](CC=C3[C@H]2C[C@H]2C(=O)N(CC)C(=O)[C@H]2[C@H]3c2cc(OC)c(O)c(Br)c2Br)C1=O. The van der Waals surface area contributed by atoms with Gasteiger partial charge in [0.05, 0.1) is 35.3 Å². The molecule has 6 atom stereocenters. The third-order valence-corrected chi connectivity index (χ3v) is 10.4. The smallest absolute Gasteiger partial charge is 0.234 e. The topological polar surface area (TPSA) is 104 Å². The Kier molecular flexibility index (Phi) is 6.11. The summed E-state index contributed by atoms with van der Waals surface area (Å²) >= 11 is 7.00. The summed E-state index contributed by atoms with van der Waals surface area (Å²) < 4.78 is 6.33. The second-order valence-electron chi connectivity index (χ2n) is 9.51. The molecule has 1 saturated carbocycles. The number of benzene rings is 1. The van der Waals surface area contributed by atoms with Crippen molar-refractivity contribution < 1.29 is 29.0 Å². The van der Waals surface area contributed by atoms with E-state index in [0.29, 0.717) is 33.9 Å². The molecule has 2 aliphatic heterocycles. The van der Waals surface area contributed by atoms with Crippen molar-refractivity contribution in [2.45, 2.75) is 32.6 Å². The third kappa shape index (κ3) is 3.28. The highest BCUT2D eigenvalue weighted by atomic mass is 79.9. The standard InChI is InChI=1S/C25H26Br2N2O6/c1-4-28-22(31)11-7-6-10-12(17(11)24(28)33)8-14-18(25(34)29(5-2)23(14)32)16(10)13-9-15(35-3)21(30)20(27)19(13)26/h6,9,11-12,14,16-18,30H,4-5,7-8H2,1-3H3/t11-,12+,14+,16+,17-,18+/m0/s1. The minimum Gasteiger partial charge on any atom is -0.503 e. The number of nitrogens with zero attached hydrogens (tertiary/aromatic N) is 2. The molecule has 2 saturated heterocycles. The summed E-state index contributed by atoms with van der Waals surface area (Å²) in [5, 5.41) is 10.5. The summed E-state index contributed by atoms with van der Waals surface area (Å²) in [5.41, 5.74) is 1.60. The molecule has 1 aromatic carbocycles. The van der Waals surface area contributed by atoms with Crippen LogP contribution in [0.5, 0.6) is 11.5 Å². The minimum absolute atomic E-state index is 0.0797. The van der Waals surface area contributed by atoms with Crippen LogP contribution in [-0.2, 0) is 19.2 Å². The van der Waals surface area contributed by atoms with E-state index in [-0.39, 0.29) is 47.6 Å². The monoisotopic (exact) mass is 608 g/mol. The van der Waals surface area contributed by atoms with E-state index < -0.39 is 29.6 Å². The number of allylic oxidation sites excluding steroid dienone is 2. The van der Waals surface area contributed by atoms with E-state index >= 15 is 0 Å². The number of carbonyl (C=O) groups is 4. The maximum absolute atomic E-state index is 13.5. The van der Waals surface area contributed by atoms with Crippen molar-refractivity contribution in [3.05, 3.63) is 32.2 Å². The Hall–Kier alpha value is -2.20. The molecule has 35 heavy (non-hydrogen) atoms. The first kappa shape index (κ1) is 24.5. The number of imide groups is 2. The molecule has 8 nitrogen and oxygen atoms in total. The maximum Gasteiger partial charge on any atom is 0.234 e. The van der Waals surface area contributed by atoms with Gasteiger partial charge in [-0.3, -0.25) is 29.0 Å². The Labute approximate surface area is 219 Å². The molecule has 0 aromatic heterocycles. The molecule has 3 fully saturated rings. The van der Waals surface area contributed by atoms with Gasteiger partial charge in [-0.05, 0) is 76.1 Å². The Bertz CT molecular complexity index is 1200. The van der Waals surface area contributed by atoms with E-state index in [0.717, 1.165) is 5.57 Å². The number of likely N-dealkylation sites (tertiary alicyclic amines) is 2. The van der Waals surface area contributed by atoms with Gasteiger partial charge < -0.3 is 9.84 Å². The van der Waals surface area contributed by atoms with Crippen molar-refractivity contribution in [2.75, 3.05) is 20.2 Å². The van der Waals surface area contributed by atoms with Gasteiger partial charge >= 0.3 is 0 Å². The largest absolute Gasteiger partial charge is 0.503 e. The highest BCUT2D eigenvalue weighted by Crippen LogP contribution is 2.59. The lowest BCUT2D eigenvalue weighted by Gasteiger charge is -2.44. The summed E-state index contributed by atoms with van der Waals surface area (Å²) in [6.07, 6.45) is 2.78. The Morgan fingerprint density at radius 1 is 0.914 bits per heavy atom.